The van der Waals surface area contributed by atoms with E-state index in [4.69, 9.17) is 22.2 Å². The second-order valence-electron chi connectivity index (χ2n) is 22.0. The highest BCUT2D eigenvalue weighted by Gasteiger charge is 2.53. The van der Waals surface area contributed by atoms with Gasteiger partial charge in [0.15, 0.2) is 39.4 Å². The molecule has 8 nitrogen and oxygen atoms in total. The molecule has 0 unspecified atom stereocenters. The molecule has 4 atom stereocenters. The fourth-order valence-electron chi connectivity index (χ4n) is 3.46. The number of carbonyl (C=O) groups excluding carboxylic acids is 1. The second-order valence-corrected chi connectivity index (χ2v) is 45.8. The van der Waals surface area contributed by atoms with E-state index in [1.807, 2.05) is 0 Å². The Balaban J connectivity index is 7.75. The SMILES string of the molecule is CC(C)(C)[Si](C)(C)OC[C@@H](O)[C@H](O[Si](C)(C)C(C)(C)C)[C@H](O[Si](C)(C)C(C)(C)C)[C@@H](O[Si](C)(C)C(C)(C)C)C(=O)NO[Si](C)(C)C(C)(C)C. The molecule has 0 aromatic heterocycles. The normalized spacial score (nSPS) is 17.8. The van der Waals surface area contributed by atoms with E-state index in [2.05, 4.69) is 175 Å². The zero-order valence-corrected chi connectivity index (χ0v) is 41.9. The molecule has 1 amide bonds. The molecule has 2 N–H and O–H groups in total. The third kappa shape index (κ3) is 13.3. The smallest absolute Gasteiger partial charge is 0.273 e. The van der Waals surface area contributed by atoms with Crippen molar-refractivity contribution in [2.75, 3.05) is 6.61 Å². The highest BCUT2D eigenvalue weighted by atomic mass is 28.4. The van der Waals surface area contributed by atoms with Crippen molar-refractivity contribution in [2.45, 2.75) is 219 Å². The van der Waals surface area contributed by atoms with E-state index in [1.165, 1.54) is 0 Å². The third-order valence-electron chi connectivity index (χ3n) is 12.6. The number of hydroxylamine groups is 1. The van der Waals surface area contributed by atoms with Gasteiger partial charge >= 0.3 is 0 Å². The maximum Gasteiger partial charge on any atom is 0.273 e. The Kier molecular flexibility index (Phi) is 16.1. The molecule has 0 spiro atoms. The quantitative estimate of drug-likeness (QED) is 0.126. The first-order valence-electron chi connectivity index (χ1n) is 18.4. The van der Waals surface area contributed by atoms with E-state index in [9.17, 15) is 9.90 Å². The summed E-state index contributed by atoms with van der Waals surface area (Å²) in [7, 11) is -12.4. The summed E-state index contributed by atoms with van der Waals surface area (Å²) in [5.41, 5.74) is 2.88. The largest absolute Gasteiger partial charge is 0.414 e. The Morgan fingerprint density at radius 3 is 1.14 bits per heavy atom. The van der Waals surface area contributed by atoms with Crippen LogP contribution in [0.25, 0.3) is 0 Å². The van der Waals surface area contributed by atoms with Crippen molar-refractivity contribution in [3.63, 3.8) is 0 Å². The fourth-order valence-corrected chi connectivity index (χ4v) is 8.99. The average Bonchev–Trinajstić information content (AvgIpc) is 2.83. The second kappa shape index (κ2) is 16.0. The Morgan fingerprint density at radius 2 is 0.816 bits per heavy atom. The molecule has 294 valence electrons. The van der Waals surface area contributed by atoms with Gasteiger partial charge in [0.25, 0.3) is 5.91 Å². The van der Waals surface area contributed by atoms with E-state index in [0.29, 0.717) is 0 Å². The highest BCUT2D eigenvalue weighted by molar-refractivity contribution is 6.76. The molecule has 0 saturated heterocycles. The molecule has 13 heteroatoms. The molecule has 0 saturated carbocycles. The minimum atomic E-state index is -2.60. The molecule has 0 bridgehead atoms. The predicted octanol–water partition coefficient (Wildman–Crippen LogP) is 10.6. The van der Waals surface area contributed by atoms with Crippen LogP contribution in [0.4, 0.5) is 0 Å². The highest BCUT2D eigenvalue weighted by Crippen LogP contribution is 2.44. The first-order chi connectivity index (χ1) is 21.0. The van der Waals surface area contributed by atoms with Gasteiger partial charge in [-0.25, -0.2) is 5.48 Å². The van der Waals surface area contributed by atoms with Crippen molar-refractivity contribution in [2.24, 2.45) is 0 Å². The van der Waals surface area contributed by atoms with Gasteiger partial charge in [-0.3, -0.25) is 4.79 Å². The topological polar surface area (TPSA) is 95.5 Å². The molecule has 49 heavy (non-hydrogen) atoms. The zero-order valence-electron chi connectivity index (χ0n) is 36.9. The minimum absolute atomic E-state index is 0.0471. The van der Waals surface area contributed by atoms with Crippen LogP contribution < -0.4 is 5.48 Å². The van der Waals surface area contributed by atoms with Crippen LogP contribution in [0.1, 0.15) is 104 Å². The Bertz CT molecular complexity index is 1080. The Hall–Kier alpha value is 0.314. The number of nitrogens with one attached hydrogen (secondary N) is 1. The Labute approximate surface area is 309 Å². The summed E-state index contributed by atoms with van der Waals surface area (Å²) < 4.78 is 34.6. The van der Waals surface area contributed by atoms with Crippen molar-refractivity contribution < 1.29 is 32.1 Å². The number of rotatable bonds is 15. The van der Waals surface area contributed by atoms with Crippen molar-refractivity contribution in [1.29, 1.82) is 0 Å². The van der Waals surface area contributed by atoms with Crippen LogP contribution in [0.2, 0.25) is 90.7 Å². The van der Waals surface area contributed by atoms with Crippen molar-refractivity contribution >= 4 is 47.5 Å². The fraction of sp³-hybridized carbons (Fsp3) is 0.972. The van der Waals surface area contributed by atoms with Crippen LogP contribution in [-0.2, 0) is 27.0 Å². The summed E-state index contributed by atoms with van der Waals surface area (Å²) in [5, 5.41) is 11.6. The number of hydrogen-bond acceptors (Lipinski definition) is 7. The van der Waals surface area contributed by atoms with E-state index >= 15 is 0 Å². The van der Waals surface area contributed by atoms with E-state index in [-0.39, 0.29) is 31.8 Å². The summed E-state index contributed by atoms with van der Waals surface area (Å²) in [6.07, 6.45) is -3.99. The van der Waals surface area contributed by atoms with Crippen LogP contribution >= 0.6 is 0 Å². The summed E-state index contributed by atoms with van der Waals surface area (Å²) in [6.45, 7) is 54.2. The lowest BCUT2D eigenvalue weighted by Crippen LogP contribution is -2.64. The van der Waals surface area contributed by atoms with Crippen molar-refractivity contribution in [3.05, 3.63) is 0 Å². The van der Waals surface area contributed by atoms with Gasteiger partial charge < -0.3 is 27.3 Å². The van der Waals surface area contributed by atoms with Gasteiger partial charge in [0.05, 0.1) is 6.61 Å². The average molecular weight is 782 g/mol. The van der Waals surface area contributed by atoms with Gasteiger partial charge in [0.1, 0.15) is 18.3 Å². The molecule has 0 radical (unpaired) electrons. The van der Waals surface area contributed by atoms with Gasteiger partial charge in [-0.05, 0) is 90.7 Å². The molecule has 0 aromatic rings. The molecule has 0 aromatic carbocycles. The first kappa shape index (κ1) is 49.3. The first-order valence-corrected chi connectivity index (χ1v) is 32.9. The third-order valence-corrected chi connectivity index (χ3v) is 34.7. The maximum atomic E-state index is 14.7. The van der Waals surface area contributed by atoms with Gasteiger partial charge in [-0.15, -0.1) is 0 Å². The van der Waals surface area contributed by atoms with Gasteiger partial charge in [0.2, 0.25) is 8.32 Å². The molecular formula is C36H83NO7Si5. The summed E-state index contributed by atoms with van der Waals surface area (Å²) in [6, 6.07) is 0. The molecule has 0 fully saturated rings. The zero-order chi connectivity index (χ0) is 39.8. The molecular weight excluding hydrogens is 699 g/mol. The van der Waals surface area contributed by atoms with Crippen molar-refractivity contribution in [1.82, 2.24) is 5.48 Å². The van der Waals surface area contributed by atoms with Crippen molar-refractivity contribution in [3.8, 4) is 0 Å². The van der Waals surface area contributed by atoms with E-state index in [1.54, 1.807) is 0 Å². The van der Waals surface area contributed by atoms with Crippen LogP contribution in [0.15, 0.2) is 0 Å². The van der Waals surface area contributed by atoms with Crippen LogP contribution in [-0.4, -0.2) is 83.6 Å². The predicted molar refractivity (Wildman–Crippen MR) is 222 cm³/mol. The molecule has 0 aliphatic heterocycles. The lowest BCUT2D eigenvalue weighted by atomic mass is 10.0. The van der Waals surface area contributed by atoms with Gasteiger partial charge in [-0.2, -0.15) is 0 Å². The van der Waals surface area contributed by atoms with Gasteiger partial charge in [0, 0.05) is 0 Å². The lowest BCUT2D eigenvalue weighted by Gasteiger charge is -2.49. The number of aliphatic hydroxyl groups is 1. The Morgan fingerprint density at radius 1 is 0.510 bits per heavy atom. The van der Waals surface area contributed by atoms with Crippen LogP contribution in [0.3, 0.4) is 0 Å². The monoisotopic (exact) mass is 782 g/mol. The summed E-state index contributed by atoms with van der Waals surface area (Å²) >= 11 is 0. The molecule has 0 heterocycles. The minimum Gasteiger partial charge on any atom is -0.414 e. The van der Waals surface area contributed by atoms with Gasteiger partial charge in [-0.1, -0.05) is 104 Å². The van der Waals surface area contributed by atoms with Crippen LogP contribution in [0.5, 0.6) is 0 Å². The summed E-state index contributed by atoms with van der Waals surface area (Å²) in [4.78, 5) is 14.7. The van der Waals surface area contributed by atoms with E-state index in [0.717, 1.165) is 0 Å². The van der Waals surface area contributed by atoms with Crippen LogP contribution in [0, 0.1) is 0 Å². The standard InChI is InChI=1S/C36H83NO7Si5/c1-32(2,3)45(16,17)40-26-27(38)28(41-46(18,19)33(4,5)6)29(42-47(20,21)34(7,8)9)30(43-48(22,23)35(10,11)12)31(39)37-44-49(24,25)36(13,14)15/h27-30,38H,26H2,1-25H3,(H,37,39)/t27-,28+,29+,30-/m1/s1. The number of amides is 1. The lowest BCUT2D eigenvalue weighted by molar-refractivity contribution is -0.150. The number of carbonyl (C=O) groups is 1. The number of aliphatic hydroxyl groups excluding tert-OH is 1. The molecule has 0 aliphatic rings. The number of hydrogen-bond donors (Lipinski definition) is 2. The molecule has 0 aliphatic carbocycles. The maximum absolute atomic E-state index is 14.7. The van der Waals surface area contributed by atoms with E-state index < -0.39 is 71.9 Å². The summed E-state index contributed by atoms with van der Waals surface area (Å²) in [5.74, 6) is -0.403. The molecule has 0 rings (SSSR count).